The van der Waals surface area contributed by atoms with Crippen molar-refractivity contribution >= 4 is 0 Å². The van der Waals surface area contributed by atoms with Gasteiger partial charge in [-0.05, 0) is 12.8 Å². The summed E-state index contributed by atoms with van der Waals surface area (Å²) in [4.78, 5) is 2.39. The Morgan fingerprint density at radius 2 is 2.54 bits per heavy atom. The standard InChI is InChI=1S/C9H15N3O/c10-4-7(11)1-2-12-5-9-3-8(12)6-13-9/h7-9H,1-3,5-6,11H2. The Labute approximate surface area is 78.3 Å². The van der Waals surface area contributed by atoms with E-state index in [2.05, 4.69) is 11.0 Å². The smallest absolute Gasteiger partial charge is 0.0940 e. The Morgan fingerprint density at radius 3 is 3.08 bits per heavy atom. The van der Waals surface area contributed by atoms with Gasteiger partial charge in [0.05, 0.1) is 24.8 Å². The van der Waals surface area contributed by atoms with Gasteiger partial charge in [0.25, 0.3) is 0 Å². The van der Waals surface area contributed by atoms with Crippen LogP contribution in [0.5, 0.6) is 0 Å². The van der Waals surface area contributed by atoms with E-state index in [9.17, 15) is 0 Å². The van der Waals surface area contributed by atoms with Crippen LogP contribution in [-0.4, -0.2) is 42.8 Å². The summed E-state index contributed by atoms with van der Waals surface area (Å²) >= 11 is 0. The lowest BCUT2D eigenvalue weighted by molar-refractivity contribution is 0.0300. The third-order valence-electron chi connectivity index (χ3n) is 2.91. The molecular formula is C9H15N3O. The van der Waals surface area contributed by atoms with E-state index in [1.54, 1.807) is 0 Å². The fourth-order valence-corrected chi connectivity index (χ4v) is 2.12. The molecule has 0 aromatic carbocycles. The zero-order valence-corrected chi connectivity index (χ0v) is 7.65. The number of morpholine rings is 1. The van der Waals surface area contributed by atoms with Gasteiger partial charge in [-0.1, -0.05) is 0 Å². The highest BCUT2D eigenvalue weighted by molar-refractivity contribution is 4.93. The van der Waals surface area contributed by atoms with Crippen LogP contribution in [0.25, 0.3) is 0 Å². The molecule has 2 aliphatic rings. The van der Waals surface area contributed by atoms with Gasteiger partial charge in [0.2, 0.25) is 0 Å². The first kappa shape index (κ1) is 8.95. The molecule has 4 nitrogen and oxygen atoms in total. The van der Waals surface area contributed by atoms with Crippen molar-refractivity contribution in [1.29, 1.82) is 5.26 Å². The number of nitrogens with zero attached hydrogens (tertiary/aromatic N) is 2. The highest BCUT2D eigenvalue weighted by Gasteiger charge is 2.38. The van der Waals surface area contributed by atoms with Gasteiger partial charge in [0, 0.05) is 19.1 Å². The average molecular weight is 181 g/mol. The van der Waals surface area contributed by atoms with Gasteiger partial charge in [-0.3, -0.25) is 4.90 Å². The van der Waals surface area contributed by atoms with E-state index in [0.717, 1.165) is 26.1 Å². The van der Waals surface area contributed by atoms with Crippen molar-refractivity contribution in [3.63, 3.8) is 0 Å². The van der Waals surface area contributed by atoms with Crippen LogP contribution in [0.4, 0.5) is 0 Å². The van der Waals surface area contributed by atoms with Crippen molar-refractivity contribution in [3.05, 3.63) is 0 Å². The van der Waals surface area contributed by atoms with Gasteiger partial charge < -0.3 is 10.5 Å². The van der Waals surface area contributed by atoms with Gasteiger partial charge in [0.15, 0.2) is 0 Å². The predicted octanol–water partition coefficient (Wildman–Crippen LogP) is -0.300. The van der Waals surface area contributed by atoms with E-state index in [4.69, 9.17) is 15.7 Å². The van der Waals surface area contributed by atoms with E-state index in [0.29, 0.717) is 12.1 Å². The Bertz CT molecular complexity index is 225. The van der Waals surface area contributed by atoms with Gasteiger partial charge in [0.1, 0.15) is 0 Å². The molecule has 3 unspecified atom stereocenters. The van der Waals surface area contributed by atoms with E-state index >= 15 is 0 Å². The lowest BCUT2D eigenvalue weighted by Crippen LogP contribution is -2.39. The van der Waals surface area contributed by atoms with Crippen LogP contribution in [0.2, 0.25) is 0 Å². The topological polar surface area (TPSA) is 62.3 Å². The van der Waals surface area contributed by atoms with Crippen LogP contribution < -0.4 is 5.73 Å². The number of rotatable bonds is 3. The van der Waals surface area contributed by atoms with Gasteiger partial charge in [-0.25, -0.2) is 0 Å². The molecule has 2 saturated heterocycles. The molecule has 2 bridgehead atoms. The lowest BCUT2D eigenvalue weighted by atomic mass is 10.2. The van der Waals surface area contributed by atoms with Gasteiger partial charge >= 0.3 is 0 Å². The Hall–Kier alpha value is -0.630. The maximum Gasteiger partial charge on any atom is 0.0940 e. The number of nitriles is 1. The van der Waals surface area contributed by atoms with Crippen molar-refractivity contribution in [1.82, 2.24) is 4.90 Å². The minimum absolute atomic E-state index is 0.306. The first-order chi connectivity index (χ1) is 6.29. The Kier molecular flexibility index (Phi) is 2.49. The Balaban J connectivity index is 1.75. The summed E-state index contributed by atoms with van der Waals surface area (Å²) in [7, 11) is 0. The summed E-state index contributed by atoms with van der Waals surface area (Å²) in [6.45, 7) is 2.84. The number of hydrogen-bond donors (Lipinski definition) is 1. The maximum absolute atomic E-state index is 8.52. The summed E-state index contributed by atoms with van der Waals surface area (Å²) in [6.07, 6.45) is 2.39. The number of likely N-dealkylation sites (tertiary alicyclic amines) is 1. The highest BCUT2D eigenvalue weighted by atomic mass is 16.5. The van der Waals surface area contributed by atoms with E-state index in [1.165, 1.54) is 6.42 Å². The van der Waals surface area contributed by atoms with E-state index in [-0.39, 0.29) is 6.04 Å². The quantitative estimate of drug-likeness (QED) is 0.649. The van der Waals surface area contributed by atoms with Gasteiger partial charge in [-0.2, -0.15) is 5.26 Å². The molecule has 0 radical (unpaired) electrons. The monoisotopic (exact) mass is 181 g/mol. The first-order valence-electron chi connectivity index (χ1n) is 4.80. The van der Waals surface area contributed by atoms with E-state index < -0.39 is 0 Å². The molecule has 72 valence electrons. The van der Waals surface area contributed by atoms with Crippen molar-refractivity contribution in [2.75, 3.05) is 19.7 Å². The summed E-state index contributed by atoms with van der Waals surface area (Å²) in [5, 5.41) is 8.52. The lowest BCUT2D eigenvalue weighted by Gasteiger charge is -2.26. The molecular weight excluding hydrogens is 166 g/mol. The summed E-state index contributed by atoms with van der Waals surface area (Å²) in [6, 6.07) is 2.34. The molecule has 0 amide bonds. The van der Waals surface area contributed by atoms with Crippen LogP contribution in [0.3, 0.4) is 0 Å². The van der Waals surface area contributed by atoms with Crippen molar-refractivity contribution < 1.29 is 4.74 Å². The second-order valence-corrected chi connectivity index (χ2v) is 3.86. The van der Waals surface area contributed by atoms with E-state index in [1.807, 2.05) is 0 Å². The third kappa shape index (κ3) is 1.83. The zero-order valence-electron chi connectivity index (χ0n) is 7.65. The number of hydrogen-bond acceptors (Lipinski definition) is 4. The Morgan fingerprint density at radius 1 is 1.69 bits per heavy atom. The van der Waals surface area contributed by atoms with Crippen molar-refractivity contribution in [2.45, 2.75) is 31.0 Å². The molecule has 2 fully saturated rings. The molecule has 2 N–H and O–H groups in total. The van der Waals surface area contributed by atoms with Crippen LogP contribution in [0.15, 0.2) is 0 Å². The molecule has 0 aromatic heterocycles. The second-order valence-electron chi connectivity index (χ2n) is 3.86. The predicted molar refractivity (Wildman–Crippen MR) is 47.9 cm³/mol. The van der Waals surface area contributed by atoms with Crippen molar-refractivity contribution in [2.24, 2.45) is 5.73 Å². The normalized spacial score (nSPS) is 34.8. The molecule has 2 rings (SSSR count). The minimum Gasteiger partial charge on any atom is -0.375 e. The average Bonchev–Trinajstić information content (AvgIpc) is 2.74. The molecule has 13 heavy (non-hydrogen) atoms. The summed E-state index contributed by atoms with van der Waals surface area (Å²) in [5.74, 6) is 0. The summed E-state index contributed by atoms with van der Waals surface area (Å²) < 4.78 is 5.48. The molecule has 2 aliphatic heterocycles. The molecule has 3 atom stereocenters. The number of fused-ring (bicyclic) bond motifs is 2. The van der Waals surface area contributed by atoms with Crippen LogP contribution in [-0.2, 0) is 4.74 Å². The van der Waals surface area contributed by atoms with Crippen LogP contribution in [0, 0.1) is 11.3 Å². The molecule has 0 aliphatic carbocycles. The zero-order chi connectivity index (χ0) is 9.26. The largest absolute Gasteiger partial charge is 0.375 e. The van der Waals surface area contributed by atoms with Crippen LogP contribution >= 0.6 is 0 Å². The minimum atomic E-state index is -0.306. The van der Waals surface area contributed by atoms with Gasteiger partial charge in [-0.15, -0.1) is 0 Å². The SMILES string of the molecule is N#CC(N)CCN1CC2CC1CO2. The highest BCUT2D eigenvalue weighted by Crippen LogP contribution is 2.27. The number of nitrogens with two attached hydrogens (primary N) is 1. The number of ether oxygens (including phenoxy) is 1. The molecule has 2 heterocycles. The molecule has 4 heteroatoms. The first-order valence-corrected chi connectivity index (χ1v) is 4.80. The maximum atomic E-state index is 8.52. The molecule has 0 saturated carbocycles. The molecule has 0 aromatic rings. The molecule has 0 spiro atoms. The van der Waals surface area contributed by atoms with Crippen molar-refractivity contribution in [3.8, 4) is 6.07 Å². The summed E-state index contributed by atoms with van der Waals surface area (Å²) in [5.41, 5.74) is 5.53. The fourth-order valence-electron chi connectivity index (χ4n) is 2.12. The fraction of sp³-hybridized carbons (Fsp3) is 0.889. The third-order valence-corrected chi connectivity index (χ3v) is 2.91. The second kappa shape index (κ2) is 3.62. The van der Waals surface area contributed by atoms with Crippen LogP contribution in [0.1, 0.15) is 12.8 Å².